The van der Waals surface area contributed by atoms with Crippen molar-refractivity contribution in [2.75, 3.05) is 18.5 Å². The van der Waals surface area contributed by atoms with E-state index in [9.17, 15) is 4.79 Å². The summed E-state index contributed by atoms with van der Waals surface area (Å²) in [5.74, 6) is 1.03. The summed E-state index contributed by atoms with van der Waals surface area (Å²) in [5.41, 5.74) is 2.25. The third-order valence-electron chi connectivity index (χ3n) is 4.64. The molecule has 4 aromatic rings. The van der Waals surface area contributed by atoms with Gasteiger partial charge in [-0.25, -0.2) is 4.63 Å². The van der Waals surface area contributed by atoms with Crippen LogP contribution in [0.2, 0.25) is 5.02 Å². The van der Waals surface area contributed by atoms with Gasteiger partial charge in [-0.1, -0.05) is 11.6 Å². The number of halogens is 1. The second-order valence-corrected chi connectivity index (χ2v) is 7.08. The summed E-state index contributed by atoms with van der Waals surface area (Å²) < 4.78 is 21.9. The van der Waals surface area contributed by atoms with Gasteiger partial charge in [-0.05, 0) is 67.5 Å². The molecule has 0 fully saturated rings. The molecule has 0 saturated carbocycles. The van der Waals surface area contributed by atoms with E-state index in [0.717, 1.165) is 5.39 Å². The lowest BCUT2D eigenvalue weighted by Crippen LogP contribution is -2.13. The number of furan rings is 1. The van der Waals surface area contributed by atoms with Gasteiger partial charge in [0.05, 0.1) is 13.2 Å². The lowest BCUT2D eigenvalue weighted by molar-refractivity contribution is 0.0997. The van der Waals surface area contributed by atoms with E-state index in [1.54, 1.807) is 43.3 Å². The first kappa shape index (κ1) is 20.7. The molecular formula is C22H20ClN3O5. The van der Waals surface area contributed by atoms with Crippen molar-refractivity contribution in [3.05, 3.63) is 52.7 Å². The van der Waals surface area contributed by atoms with Gasteiger partial charge in [0, 0.05) is 21.5 Å². The molecule has 0 aliphatic carbocycles. The smallest absolute Gasteiger partial charge is 0.292 e. The number of hydrogen-bond donors (Lipinski definition) is 1. The molecular weight excluding hydrogens is 422 g/mol. The Balaban J connectivity index is 1.64. The summed E-state index contributed by atoms with van der Waals surface area (Å²) in [6, 6.07) is 10.5. The second kappa shape index (κ2) is 8.69. The number of benzene rings is 2. The van der Waals surface area contributed by atoms with Crippen LogP contribution in [0, 0.1) is 6.92 Å². The number of rotatable bonds is 7. The zero-order chi connectivity index (χ0) is 22.0. The minimum Gasteiger partial charge on any atom is -0.490 e. The van der Waals surface area contributed by atoms with E-state index in [1.165, 1.54) is 0 Å². The third kappa shape index (κ3) is 4.06. The second-order valence-electron chi connectivity index (χ2n) is 6.64. The average Bonchev–Trinajstić information content (AvgIpc) is 3.34. The van der Waals surface area contributed by atoms with Crippen molar-refractivity contribution >= 4 is 34.3 Å². The SMILES string of the molecule is CCOc1ccc(-c2nonc2NC(=O)c2oc3ccc(Cl)cc3c2C)cc1OCC. The zero-order valence-electron chi connectivity index (χ0n) is 17.2. The number of aryl methyl sites for hydroxylation is 1. The maximum Gasteiger partial charge on any atom is 0.292 e. The number of nitrogens with zero attached hydrogens (tertiary/aromatic N) is 2. The first-order chi connectivity index (χ1) is 15.0. The Morgan fingerprint density at radius 1 is 1.06 bits per heavy atom. The van der Waals surface area contributed by atoms with Gasteiger partial charge in [-0.3, -0.25) is 10.1 Å². The number of amides is 1. The summed E-state index contributed by atoms with van der Waals surface area (Å²) in [7, 11) is 0. The van der Waals surface area contributed by atoms with E-state index in [2.05, 4.69) is 15.6 Å². The molecule has 0 atom stereocenters. The van der Waals surface area contributed by atoms with Crippen LogP contribution >= 0.6 is 11.6 Å². The molecule has 0 unspecified atom stereocenters. The summed E-state index contributed by atoms with van der Waals surface area (Å²) in [4.78, 5) is 12.9. The first-order valence-electron chi connectivity index (χ1n) is 9.74. The average molecular weight is 442 g/mol. The summed E-state index contributed by atoms with van der Waals surface area (Å²) in [5, 5.41) is 11.8. The molecule has 0 aliphatic rings. The quantitative estimate of drug-likeness (QED) is 0.404. The number of fused-ring (bicyclic) bond motifs is 1. The van der Waals surface area contributed by atoms with Crippen molar-refractivity contribution in [1.82, 2.24) is 10.3 Å². The van der Waals surface area contributed by atoms with E-state index >= 15 is 0 Å². The van der Waals surface area contributed by atoms with E-state index in [4.69, 9.17) is 30.1 Å². The monoisotopic (exact) mass is 441 g/mol. The van der Waals surface area contributed by atoms with Gasteiger partial charge in [0.15, 0.2) is 23.0 Å². The maximum absolute atomic E-state index is 12.9. The molecule has 0 saturated heterocycles. The van der Waals surface area contributed by atoms with Crippen molar-refractivity contribution in [2.45, 2.75) is 20.8 Å². The fourth-order valence-corrected chi connectivity index (χ4v) is 3.40. The van der Waals surface area contributed by atoms with Gasteiger partial charge in [0.2, 0.25) is 5.82 Å². The van der Waals surface area contributed by atoms with Crippen LogP contribution in [0.25, 0.3) is 22.2 Å². The molecule has 2 aromatic carbocycles. The summed E-state index contributed by atoms with van der Waals surface area (Å²) >= 11 is 6.06. The van der Waals surface area contributed by atoms with Crippen LogP contribution in [0.15, 0.2) is 45.4 Å². The molecule has 4 rings (SSSR count). The molecule has 0 radical (unpaired) electrons. The summed E-state index contributed by atoms with van der Waals surface area (Å²) in [6.45, 7) is 6.55. The molecule has 0 bridgehead atoms. The number of aromatic nitrogens is 2. The van der Waals surface area contributed by atoms with Crippen LogP contribution in [0.5, 0.6) is 11.5 Å². The van der Waals surface area contributed by atoms with Gasteiger partial charge in [-0.2, -0.15) is 0 Å². The van der Waals surface area contributed by atoms with E-state index in [-0.39, 0.29) is 11.6 Å². The maximum atomic E-state index is 12.9. The molecule has 2 aromatic heterocycles. The predicted molar refractivity (Wildman–Crippen MR) is 116 cm³/mol. The van der Waals surface area contributed by atoms with Gasteiger partial charge in [0.25, 0.3) is 5.91 Å². The number of ether oxygens (including phenoxy) is 2. The van der Waals surface area contributed by atoms with Crippen molar-refractivity contribution < 1.29 is 23.3 Å². The highest BCUT2D eigenvalue weighted by Gasteiger charge is 2.22. The van der Waals surface area contributed by atoms with Gasteiger partial charge >= 0.3 is 0 Å². The van der Waals surface area contributed by atoms with Crippen molar-refractivity contribution in [3.8, 4) is 22.8 Å². The number of hydrogen-bond acceptors (Lipinski definition) is 7. The van der Waals surface area contributed by atoms with Gasteiger partial charge in [-0.15, -0.1) is 0 Å². The van der Waals surface area contributed by atoms with Crippen LogP contribution in [-0.2, 0) is 0 Å². The molecule has 2 heterocycles. The Bertz CT molecular complexity index is 1250. The molecule has 8 nitrogen and oxygen atoms in total. The van der Waals surface area contributed by atoms with Crippen LogP contribution in [0.4, 0.5) is 5.82 Å². The lowest BCUT2D eigenvalue weighted by atomic mass is 10.1. The van der Waals surface area contributed by atoms with Crippen LogP contribution in [0.3, 0.4) is 0 Å². The van der Waals surface area contributed by atoms with E-state index < -0.39 is 5.91 Å². The fourth-order valence-electron chi connectivity index (χ4n) is 3.23. The highest BCUT2D eigenvalue weighted by atomic mass is 35.5. The minimum atomic E-state index is -0.474. The van der Waals surface area contributed by atoms with Crippen molar-refractivity contribution in [2.24, 2.45) is 0 Å². The number of carbonyl (C=O) groups is 1. The fraction of sp³-hybridized carbons (Fsp3) is 0.227. The number of anilines is 1. The van der Waals surface area contributed by atoms with Crippen LogP contribution in [-0.4, -0.2) is 29.4 Å². The normalized spacial score (nSPS) is 11.0. The lowest BCUT2D eigenvalue weighted by Gasteiger charge is -2.11. The Kier molecular flexibility index (Phi) is 5.81. The standard InChI is InChI=1S/C22H20ClN3O5/c1-4-28-17-8-6-13(10-18(17)29-5-2)19-21(26-31-25-19)24-22(27)20-12(3)15-11-14(23)7-9-16(15)30-20/h6-11H,4-5H2,1-3H3,(H,24,26,27). The van der Waals surface area contributed by atoms with Gasteiger partial charge < -0.3 is 13.9 Å². The Morgan fingerprint density at radius 3 is 2.61 bits per heavy atom. The topological polar surface area (TPSA) is 99.6 Å². The zero-order valence-corrected chi connectivity index (χ0v) is 17.9. The summed E-state index contributed by atoms with van der Waals surface area (Å²) in [6.07, 6.45) is 0. The molecule has 160 valence electrons. The molecule has 9 heteroatoms. The van der Waals surface area contributed by atoms with Crippen molar-refractivity contribution in [1.29, 1.82) is 0 Å². The Morgan fingerprint density at radius 2 is 1.84 bits per heavy atom. The Labute approximate surface area is 183 Å². The molecule has 1 N–H and O–H groups in total. The Hall–Kier alpha value is -3.52. The highest BCUT2D eigenvalue weighted by Crippen LogP contribution is 2.35. The predicted octanol–water partition coefficient (Wildman–Crippen LogP) is 5.49. The first-order valence-corrected chi connectivity index (χ1v) is 10.1. The largest absolute Gasteiger partial charge is 0.490 e. The van der Waals surface area contributed by atoms with E-state index in [0.29, 0.717) is 52.1 Å². The highest BCUT2D eigenvalue weighted by molar-refractivity contribution is 6.31. The third-order valence-corrected chi connectivity index (χ3v) is 4.88. The number of nitrogens with one attached hydrogen (secondary N) is 1. The molecule has 1 amide bonds. The van der Waals surface area contributed by atoms with Crippen LogP contribution < -0.4 is 14.8 Å². The minimum absolute atomic E-state index is 0.160. The van der Waals surface area contributed by atoms with Gasteiger partial charge in [0.1, 0.15) is 5.58 Å². The van der Waals surface area contributed by atoms with Crippen molar-refractivity contribution in [3.63, 3.8) is 0 Å². The number of carbonyl (C=O) groups excluding carboxylic acids is 1. The molecule has 0 aliphatic heterocycles. The molecule has 31 heavy (non-hydrogen) atoms. The van der Waals surface area contributed by atoms with Crippen LogP contribution in [0.1, 0.15) is 30.0 Å². The van der Waals surface area contributed by atoms with E-state index in [1.807, 2.05) is 13.8 Å². The molecule has 0 spiro atoms.